The number of aromatic nitrogens is 2. The van der Waals surface area contributed by atoms with Crippen LogP contribution in [0.5, 0.6) is 0 Å². The maximum Gasteiger partial charge on any atom is 0.326 e. The van der Waals surface area contributed by atoms with Crippen molar-refractivity contribution in [2.24, 2.45) is 56.2 Å². The number of H-pyrrole nitrogens is 1. The molecule has 1 aromatic heterocycles. The molecule has 0 saturated heterocycles. The smallest absolute Gasteiger partial charge is 0.326 e. The van der Waals surface area contributed by atoms with Gasteiger partial charge in [0.05, 0.1) is 18.5 Å². The van der Waals surface area contributed by atoms with E-state index < -0.39 is 132 Å². The first-order valence-electron chi connectivity index (χ1n) is 24.0. The second-order valence-electron chi connectivity index (χ2n) is 18.1. The number of hydrogen-bond donors (Lipinski definition) is 17. The number of nitrogens with two attached hydrogens (primary N) is 6. The molecule has 0 unspecified atom stereocenters. The Morgan fingerprint density at radius 3 is 1.57 bits per heavy atom. The number of aliphatic hydroxyl groups excluding tert-OH is 1. The van der Waals surface area contributed by atoms with Crippen molar-refractivity contribution in [3.63, 3.8) is 0 Å². The summed E-state index contributed by atoms with van der Waals surface area (Å²) in [5, 5.41) is 47.2. The van der Waals surface area contributed by atoms with Crippen LogP contribution in [0, 0.1) is 11.8 Å². The number of carbonyl (C=O) groups excluding carboxylic acids is 8. The van der Waals surface area contributed by atoms with E-state index in [-0.39, 0.29) is 82.3 Å². The van der Waals surface area contributed by atoms with Crippen LogP contribution in [0.15, 0.2) is 22.5 Å². The fourth-order valence-electron chi connectivity index (χ4n) is 6.99. The van der Waals surface area contributed by atoms with Gasteiger partial charge in [-0.2, -0.15) is 0 Å². The van der Waals surface area contributed by atoms with Crippen molar-refractivity contribution < 1.29 is 63.3 Å². The zero-order valence-corrected chi connectivity index (χ0v) is 42.4. The minimum Gasteiger partial charge on any atom is -0.481 e. The van der Waals surface area contributed by atoms with Gasteiger partial charge in [0.25, 0.3) is 0 Å². The van der Waals surface area contributed by atoms with Gasteiger partial charge in [0.1, 0.15) is 42.3 Å². The Morgan fingerprint density at radius 1 is 0.608 bits per heavy atom. The number of rotatable bonds is 36. The predicted octanol–water partition coefficient (Wildman–Crippen LogP) is -5.53. The van der Waals surface area contributed by atoms with Crippen LogP contribution in [0.1, 0.15) is 105 Å². The van der Waals surface area contributed by atoms with Gasteiger partial charge in [0.15, 0.2) is 11.9 Å². The topological polar surface area (TPSA) is 525 Å². The number of hydrogen-bond acceptors (Lipinski definition) is 15. The summed E-state index contributed by atoms with van der Waals surface area (Å²) in [6.45, 7) is 7.93. The first kappa shape index (κ1) is 64.4. The van der Waals surface area contributed by atoms with Crippen molar-refractivity contribution in [2.45, 2.75) is 160 Å². The third-order valence-electron chi connectivity index (χ3n) is 11.3. The number of carboxylic acids is 2. The minimum absolute atomic E-state index is 0.0269. The molecular formula is C44H77N17O13. The Kier molecular flexibility index (Phi) is 28.9. The van der Waals surface area contributed by atoms with Crippen LogP contribution in [0.25, 0.3) is 0 Å². The number of primary amides is 1. The SMILES string of the molecule is CC[C@H](C)[C@H](NC(=O)[C@H](Cc1cnc[nH]1)NC(=O)[C@@H](N)CCC(N)=O)C(=O)N[C@@H](CCCN=C(N)N)C(=O)N[C@@H](CCC(=O)O)C(=O)N[C@@H](CC(C)C)C(=O)N[C@H](C(=O)N[C@@H](CCCN=C(N)N)C(=O)O)[C@@H](C)O. The number of aliphatic hydroxyl groups is 1. The number of nitrogens with one attached hydrogen (secondary N) is 8. The van der Waals surface area contributed by atoms with Crippen LogP contribution in [-0.2, 0) is 54.4 Å². The van der Waals surface area contributed by atoms with Crippen molar-refractivity contribution in [1.29, 1.82) is 0 Å². The van der Waals surface area contributed by atoms with E-state index in [4.69, 9.17) is 34.4 Å². The van der Waals surface area contributed by atoms with E-state index in [1.54, 1.807) is 27.7 Å². The van der Waals surface area contributed by atoms with E-state index in [1.807, 2.05) is 0 Å². The summed E-state index contributed by atoms with van der Waals surface area (Å²) in [4.78, 5) is 146. The molecule has 0 aliphatic heterocycles. The second kappa shape index (κ2) is 33.2. The van der Waals surface area contributed by atoms with Gasteiger partial charge in [0.2, 0.25) is 47.3 Å². The number of nitrogens with zero attached hydrogens (tertiary/aromatic N) is 3. The predicted molar refractivity (Wildman–Crippen MR) is 267 cm³/mol. The van der Waals surface area contributed by atoms with E-state index in [2.05, 4.69) is 57.2 Å². The number of guanidine groups is 2. The molecule has 23 N–H and O–H groups in total. The number of aliphatic imine (C=N–C) groups is 2. The molecule has 0 aliphatic rings. The molecule has 0 bridgehead atoms. The van der Waals surface area contributed by atoms with Crippen LogP contribution in [-0.4, -0.2) is 164 Å². The lowest BCUT2D eigenvalue weighted by molar-refractivity contribution is -0.143. The van der Waals surface area contributed by atoms with Crippen molar-refractivity contribution in [3.8, 4) is 0 Å². The molecule has 416 valence electrons. The Morgan fingerprint density at radius 2 is 1.08 bits per heavy atom. The summed E-state index contributed by atoms with van der Waals surface area (Å²) >= 11 is 0. The van der Waals surface area contributed by atoms with Gasteiger partial charge in [-0.1, -0.05) is 34.1 Å². The highest BCUT2D eigenvalue weighted by Crippen LogP contribution is 2.13. The average Bonchev–Trinajstić information content (AvgIpc) is 3.83. The molecule has 10 atom stereocenters. The summed E-state index contributed by atoms with van der Waals surface area (Å²) in [5.41, 5.74) is 33.2. The Balaban J connectivity index is 3.53. The first-order valence-corrected chi connectivity index (χ1v) is 24.0. The van der Waals surface area contributed by atoms with E-state index in [1.165, 1.54) is 12.5 Å². The molecule has 0 fully saturated rings. The quantitative estimate of drug-likeness (QED) is 0.0169. The molecule has 74 heavy (non-hydrogen) atoms. The monoisotopic (exact) mass is 1050 g/mol. The average molecular weight is 1050 g/mol. The van der Waals surface area contributed by atoms with Crippen LogP contribution < -0.4 is 71.6 Å². The zero-order chi connectivity index (χ0) is 56.2. The molecule has 1 heterocycles. The summed E-state index contributed by atoms with van der Waals surface area (Å²) < 4.78 is 0. The molecule has 1 rings (SSSR count). The lowest BCUT2D eigenvalue weighted by Crippen LogP contribution is -2.61. The molecule has 0 aromatic carbocycles. The molecule has 0 radical (unpaired) electrons. The Hall–Kier alpha value is -7.63. The van der Waals surface area contributed by atoms with Gasteiger partial charge < -0.3 is 91.9 Å². The normalized spacial score (nSPS) is 15.1. The summed E-state index contributed by atoms with van der Waals surface area (Å²) in [6, 6.07) is -11.8. The number of imidazole rings is 1. The summed E-state index contributed by atoms with van der Waals surface area (Å²) in [7, 11) is 0. The highest BCUT2D eigenvalue weighted by Gasteiger charge is 2.37. The molecule has 0 spiro atoms. The van der Waals surface area contributed by atoms with Crippen LogP contribution >= 0.6 is 0 Å². The van der Waals surface area contributed by atoms with Gasteiger partial charge >= 0.3 is 11.9 Å². The Bertz CT molecular complexity index is 2100. The highest BCUT2D eigenvalue weighted by molar-refractivity contribution is 5.98. The van der Waals surface area contributed by atoms with Crippen LogP contribution in [0.2, 0.25) is 0 Å². The van der Waals surface area contributed by atoms with Gasteiger partial charge in [-0.05, 0) is 63.7 Å². The summed E-state index contributed by atoms with van der Waals surface area (Å²) in [6.07, 6.45) is -0.383. The molecule has 0 saturated carbocycles. The number of aromatic amines is 1. The number of amides is 8. The Labute approximate surface area is 427 Å². The van der Waals surface area contributed by atoms with E-state index in [0.29, 0.717) is 12.1 Å². The zero-order valence-electron chi connectivity index (χ0n) is 42.4. The number of carbonyl (C=O) groups is 10. The third kappa shape index (κ3) is 25.2. The van der Waals surface area contributed by atoms with Gasteiger partial charge in [0, 0.05) is 44.2 Å². The van der Waals surface area contributed by atoms with Gasteiger partial charge in [-0.25, -0.2) is 9.78 Å². The van der Waals surface area contributed by atoms with Crippen molar-refractivity contribution in [2.75, 3.05) is 13.1 Å². The second-order valence-corrected chi connectivity index (χ2v) is 18.1. The largest absolute Gasteiger partial charge is 0.481 e. The van der Waals surface area contributed by atoms with Crippen molar-refractivity contribution in [1.82, 2.24) is 47.2 Å². The molecule has 8 amide bonds. The van der Waals surface area contributed by atoms with Crippen LogP contribution in [0.4, 0.5) is 0 Å². The standard InChI is InChI=1S/C44H77N17O13/c1-6-22(4)33(60-39(70)30(18-24-19-51-20-54-24)58-35(66)25(45)11-13-31(46)63)40(71)56-26(9-7-15-52-43(47)48)36(67)55-27(12-14-32(64)65)37(68)59-29(17-21(2)3)38(69)61-34(23(5)62)41(72)57-28(42(73)74)10-8-16-53-44(49)50/h19-23,25-30,33-34,62H,6-18,45H2,1-5H3,(H2,46,63)(H,51,54)(H,55,67)(H,56,71)(H,57,72)(H,58,66)(H,59,68)(H,60,70)(H,61,69)(H,64,65)(H,73,74)(H4,47,48,52)(H4,49,50,53)/t22-,23+,25-,26-,27-,28-,29-,30-,33-,34-/m0/s1. The van der Waals surface area contributed by atoms with Gasteiger partial charge in [-0.3, -0.25) is 53.1 Å². The fraction of sp³-hybridized carbons (Fsp3) is 0.659. The first-order chi connectivity index (χ1) is 34.7. The highest BCUT2D eigenvalue weighted by atomic mass is 16.4. The lowest BCUT2D eigenvalue weighted by Gasteiger charge is -2.30. The van der Waals surface area contributed by atoms with E-state index >= 15 is 0 Å². The fourth-order valence-corrected chi connectivity index (χ4v) is 6.99. The van der Waals surface area contributed by atoms with E-state index in [9.17, 15) is 63.3 Å². The summed E-state index contributed by atoms with van der Waals surface area (Å²) in [5.74, 6) is -11.5. The molecule has 30 heteroatoms. The van der Waals surface area contributed by atoms with Crippen molar-refractivity contribution in [3.05, 3.63) is 18.2 Å². The molecule has 0 aliphatic carbocycles. The van der Waals surface area contributed by atoms with E-state index in [0.717, 1.165) is 6.92 Å². The molecular weight excluding hydrogens is 975 g/mol. The number of aliphatic carboxylic acids is 2. The van der Waals surface area contributed by atoms with Crippen LogP contribution in [0.3, 0.4) is 0 Å². The van der Waals surface area contributed by atoms with Crippen molar-refractivity contribution >= 4 is 71.1 Å². The maximum atomic E-state index is 14.2. The third-order valence-corrected chi connectivity index (χ3v) is 11.3. The lowest BCUT2D eigenvalue weighted by atomic mass is 9.96. The maximum absolute atomic E-state index is 14.2. The molecule has 30 nitrogen and oxygen atoms in total. The van der Waals surface area contributed by atoms with Gasteiger partial charge in [-0.15, -0.1) is 0 Å². The minimum atomic E-state index is -1.73. The number of carboxylic acid groups (broad SMARTS) is 2. The molecule has 1 aromatic rings.